The summed E-state index contributed by atoms with van der Waals surface area (Å²) in [5.74, 6) is 1.66. The molecule has 0 saturated carbocycles. The Morgan fingerprint density at radius 1 is 0.667 bits per heavy atom. The minimum atomic E-state index is -0.359. The van der Waals surface area contributed by atoms with Gasteiger partial charge in [-0.15, -0.1) is 0 Å². The molecule has 0 aromatic heterocycles. The molecule has 140 valence electrons. The quantitative estimate of drug-likeness (QED) is 0.585. The molecule has 0 unspecified atom stereocenters. The van der Waals surface area contributed by atoms with Crippen LogP contribution in [0.4, 0.5) is 0 Å². The van der Waals surface area contributed by atoms with Crippen LogP contribution in [0, 0.1) is 0 Å². The summed E-state index contributed by atoms with van der Waals surface area (Å²) < 4.78 is 10.7. The van der Waals surface area contributed by atoms with Crippen molar-refractivity contribution in [2.75, 3.05) is 20.8 Å². The Labute approximate surface area is 161 Å². The van der Waals surface area contributed by atoms with Crippen LogP contribution in [0.2, 0.25) is 0 Å². The van der Waals surface area contributed by atoms with E-state index in [1.165, 1.54) is 16.7 Å². The summed E-state index contributed by atoms with van der Waals surface area (Å²) in [6, 6.07) is 26.9. The molecule has 0 aliphatic heterocycles. The van der Waals surface area contributed by atoms with E-state index in [1.807, 2.05) is 30.3 Å². The van der Waals surface area contributed by atoms with Crippen molar-refractivity contribution in [2.45, 2.75) is 18.3 Å². The molecule has 0 aliphatic rings. The Morgan fingerprint density at radius 2 is 1.11 bits per heavy atom. The minimum Gasteiger partial charge on any atom is -0.497 e. The predicted molar refractivity (Wildman–Crippen MR) is 109 cm³/mol. The van der Waals surface area contributed by atoms with E-state index in [1.54, 1.807) is 14.2 Å². The molecule has 1 N–H and O–H groups in total. The van der Waals surface area contributed by atoms with Gasteiger partial charge in [-0.3, -0.25) is 0 Å². The van der Waals surface area contributed by atoms with E-state index in [-0.39, 0.29) is 12.0 Å². The second-order valence-corrected chi connectivity index (χ2v) is 6.56. The average molecular weight is 362 g/mol. The zero-order valence-electron chi connectivity index (χ0n) is 15.9. The summed E-state index contributed by atoms with van der Waals surface area (Å²) in [5, 5.41) is 9.59. The number of aliphatic hydroxyl groups excluding tert-OH is 1. The van der Waals surface area contributed by atoms with E-state index in [2.05, 4.69) is 48.5 Å². The molecule has 3 aromatic rings. The first kappa shape index (κ1) is 19.0. The summed E-state index contributed by atoms with van der Waals surface area (Å²) >= 11 is 0. The molecule has 3 nitrogen and oxygen atoms in total. The van der Waals surface area contributed by atoms with Crippen molar-refractivity contribution in [3.8, 4) is 11.5 Å². The second-order valence-electron chi connectivity index (χ2n) is 6.56. The zero-order chi connectivity index (χ0) is 19.1. The van der Waals surface area contributed by atoms with E-state index in [9.17, 15) is 5.11 Å². The van der Waals surface area contributed by atoms with Crippen molar-refractivity contribution in [1.82, 2.24) is 0 Å². The molecule has 0 heterocycles. The second kappa shape index (κ2) is 8.74. The molecule has 0 fully saturated rings. The summed E-state index contributed by atoms with van der Waals surface area (Å²) in [4.78, 5) is 0. The highest BCUT2D eigenvalue weighted by atomic mass is 16.5. The van der Waals surface area contributed by atoms with Gasteiger partial charge < -0.3 is 14.6 Å². The molecule has 0 amide bonds. The monoisotopic (exact) mass is 362 g/mol. The average Bonchev–Trinajstić information content (AvgIpc) is 2.76. The first-order chi connectivity index (χ1) is 13.2. The summed E-state index contributed by atoms with van der Waals surface area (Å²) in [7, 11) is 3.35. The van der Waals surface area contributed by atoms with E-state index in [4.69, 9.17) is 9.47 Å². The Hall–Kier alpha value is -2.78. The number of benzene rings is 3. The summed E-state index contributed by atoms with van der Waals surface area (Å²) in [6.07, 6.45) is 1.50. The van der Waals surface area contributed by atoms with Gasteiger partial charge in [0.25, 0.3) is 0 Å². The van der Waals surface area contributed by atoms with E-state index in [0.29, 0.717) is 6.42 Å². The van der Waals surface area contributed by atoms with E-state index < -0.39 is 0 Å². The number of hydrogen-bond donors (Lipinski definition) is 1. The Kier molecular flexibility index (Phi) is 6.15. The van der Waals surface area contributed by atoms with Crippen LogP contribution in [0.3, 0.4) is 0 Å². The van der Waals surface area contributed by atoms with Gasteiger partial charge in [0.15, 0.2) is 0 Å². The largest absolute Gasteiger partial charge is 0.497 e. The van der Waals surface area contributed by atoms with Crippen molar-refractivity contribution < 1.29 is 14.6 Å². The summed E-state index contributed by atoms with van der Waals surface area (Å²) in [5.41, 5.74) is 3.19. The van der Waals surface area contributed by atoms with Crippen LogP contribution in [0.5, 0.6) is 11.5 Å². The lowest BCUT2D eigenvalue weighted by molar-refractivity contribution is 0.275. The topological polar surface area (TPSA) is 38.7 Å². The van der Waals surface area contributed by atoms with Gasteiger partial charge in [-0.25, -0.2) is 0 Å². The lowest BCUT2D eigenvalue weighted by Crippen LogP contribution is -2.29. The molecule has 3 heteroatoms. The molecule has 0 atom stereocenters. The Morgan fingerprint density at radius 3 is 1.52 bits per heavy atom. The minimum absolute atomic E-state index is 0.154. The van der Waals surface area contributed by atoms with Gasteiger partial charge in [0.2, 0.25) is 0 Å². The molecule has 3 aromatic carbocycles. The fourth-order valence-electron chi connectivity index (χ4n) is 3.75. The summed E-state index contributed by atoms with van der Waals surface area (Å²) in [6.45, 7) is 0.154. The van der Waals surface area contributed by atoms with Crippen molar-refractivity contribution in [3.63, 3.8) is 0 Å². The third-order valence-corrected chi connectivity index (χ3v) is 5.14. The lowest BCUT2D eigenvalue weighted by atomic mass is 9.67. The number of methoxy groups -OCH3 is 2. The maximum absolute atomic E-state index is 9.59. The van der Waals surface area contributed by atoms with E-state index in [0.717, 1.165) is 17.9 Å². The third-order valence-electron chi connectivity index (χ3n) is 5.14. The number of hydrogen-bond acceptors (Lipinski definition) is 3. The maximum atomic E-state index is 9.59. The number of rotatable bonds is 8. The van der Waals surface area contributed by atoms with Gasteiger partial charge in [-0.2, -0.15) is 0 Å². The lowest BCUT2D eigenvalue weighted by Gasteiger charge is -2.36. The molecule has 3 rings (SSSR count). The molecule has 0 aliphatic carbocycles. The Balaban J connectivity index is 2.22. The molecular formula is C24H26O3. The molecule has 27 heavy (non-hydrogen) atoms. The molecule has 0 spiro atoms. The highest BCUT2D eigenvalue weighted by Gasteiger charge is 2.35. The standard InChI is InChI=1S/C24H26O3/c1-26-22-13-9-20(10-14-22)24(17-6-18-25,19-7-4-3-5-8-19)21-11-15-23(27-2)16-12-21/h3-5,7-16,25H,6,17-18H2,1-2H3. The van der Waals surface area contributed by atoms with Crippen LogP contribution in [-0.2, 0) is 5.41 Å². The van der Waals surface area contributed by atoms with Crippen LogP contribution in [0.1, 0.15) is 29.5 Å². The van der Waals surface area contributed by atoms with Crippen LogP contribution >= 0.6 is 0 Å². The first-order valence-electron chi connectivity index (χ1n) is 9.20. The van der Waals surface area contributed by atoms with Crippen LogP contribution < -0.4 is 9.47 Å². The fourth-order valence-corrected chi connectivity index (χ4v) is 3.75. The highest BCUT2D eigenvalue weighted by Crippen LogP contribution is 2.43. The third kappa shape index (κ3) is 3.83. The van der Waals surface area contributed by atoms with Crippen molar-refractivity contribution >= 4 is 0 Å². The zero-order valence-corrected chi connectivity index (χ0v) is 15.9. The number of aliphatic hydroxyl groups is 1. The molecule has 0 bridgehead atoms. The first-order valence-corrected chi connectivity index (χ1v) is 9.20. The predicted octanol–water partition coefficient (Wildman–Crippen LogP) is 4.81. The van der Waals surface area contributed by atoms with Gasteiger partial charge in [0.05, 0.1) is 14.2 Å². The molecular weight excluding hydrogens is 336 g/mol. The van der Waals surface area contributed by atoms with Gasteiger partial charge in [0.1, 0.15) is 11.5 Å². The maximum Gasteiger partial charge on any atom is 0.118 e. The van der Waals surface area contributed by atoms with Crippen LogP contribution in [-0.4, -0.2) is 25.9 Å². The van der Waals surface area contributed by atoms with Crippen LogP contribution in [0.25, 0.3) is 0 Å². The van der Waals surface area contributed by atoms with Crippen molar-refractivity contribution in [3.05, 3.63) is 95.6 Å². The number of ether oxygens (including phenoxy) is 2. The molecule has 0 radical (unpaired) electrons. The molecule has 0 saturated heterocycles. The van der Waals surface area contributed by atoms with Crippen LogP contribution in [0.15, 0.2) is 78.9 Å². The highest BCUT2D eigenvalue weighted by molar-refractivity contribution is 5.52. The normalized spacial score (nSPS) is 11.2. The smallest absolute Gasteiger partial charge is 0.118 e. The van der Waals surface area contributed by atoms with Crippen molar-refractivity contribution in [1.29, 1.82) is 0 Å². The van der Waals surface area contributed by atoms with Gasteiger partial charge in [-0.05, 0) is 53.8 Å². The van der Waals surface area contributed by atoms with E-state index >= 15 is 0 Å². The Bertz CT molecular complexity index is 776. The SMILES string of the molecule is COc1ccc(C(CCCO)(c2ccccc2)c2ccc(OC)cc2)cc1. The van der Waals surface area contributed by atoms with Gasteiger partial charge >= 0.3 is 0 Å². The fraction of sp³-hybridized carbons (Fsp3) is 0.250. The van der Waals surface area contributed by atoms with Gasteiger partial charge in [0, 0.05) is 12.0 Å². The van der Waals surface area contributed by atoms with Crippen molar-refractivity contribution in [2.24, 2.45) is 0 Å². The van der Waals surface area contributed by atoms with Gasteiger partial charge in [-0.1, -0.05) is 54.6 Å².